The molecule has 0 bridgehead atoms. The average molecular weight is 266 g/mol. The Morgan fingerprint density at radius 1 is 1.44 bits per heavy atom. The molecular formula is C13H14O4S. The summed E-state index contributed by atoms with van der Waals surface area (Å²) in [6, 6.07) is 3.84. The fraction of sp³-hybridized carbons (Fsp3) is 0.538. The van der Waals surface area contributed by atoms with Crippen LogP contribution in [-0.2, 0) is 16.0 Å². The average Bonchev–Trinajstić information content (AvgIpc) is 2.68. The lowest BCUT2D eigenvalue weighted by atomic mass is 9.77. The molecule has 0 aromatic carbocycles. The van der Waals surface area contributed by atoms with E-state index in [0.29, 0.717) is 12.8 Å². The summed E-state index contributed by atoms with van der Waals surface area (Å²) in [5, 5.41) is 20.6. The minimum absolute atomic E-state index is 0.0820. The van der Waals surface area contributed by atoms with E-state index in [0.717, 1.165) is 11.3 Å². The van der Waals surface area contributed by atoms with Crippen LogP contribution in [0.15, 0.2) is 17.5 Å². The predicted molar refractivity (Wildman–Crippen MR) is 65.4 cm³/mol. The number of rotatable bonds is 4. The lowest BCUT2D eigenvalue weighted by Gasteiger charge is -2.26. The fourth-order valence-electron chi connectivity index (χ4n) is 3.67. The van der Waals surface area contributed by atoms with E-state index in [2.05, 4.69) is 0 Å². The quantitative estimate of drug-likeness (QED) is 0.875. The van der Waals surface area contributed by atoms with Crippen molar-refractivity contribution in [1.82, 2.24) is 0 Å². The zero-order valence-corrected chi connectivity index (χ0v) is 10.5. The van der Waals surface area contributed by atoms with Crippen molar-refractivity contribution in [2.24, 2.45) is 23.2 Å². The minimum Gasteiger partial charge on any atom is -0.481 e. The second kappa shape index (κ2) is 3.82. The first-order chi connectivity index (χ1) is 8.56. The van der Waals surface area contributed by atoms with E-state index in [4.69, 9.17) is 5.11 Å². The molecule has 2 fully saturated rings. The Labute approximate surface area is 108 Å². The Balaban J connectivity index is 1.89. The molecular weight excluding hydrogens is 252 g/mol. The van der Waals surface area contributed by atoms with Gasteiger partial charge < -0.3 is 10.2 Å². The van der Waals surface area contributed by atoms with Gasteiger partial charge in [0.2, 0.25) is 0 Å². The molecule has 4 nitrogen and oxygen atoms in total. The van der Waals surface area contributed by atoms with Gasteiger partial charge in [0.25, 0.3) is 0 Å². The molecule has 96 valence electrons. The first kappa shape index (κ1) is 11.7. The van der Waals surface area contributed by atoms with Gasteiger partial charge in [0.05, 0.1) is 11.3 Å². The third-order valence-corrected chi connectivity index (χ3v) is 5.39. The van der Waals surface area contributed by atoms with Gasteiger partial charge in [-0.25, -0.2) is 0 Å². The fourth-order valence-corrected chi connectivity index (χ4v) is 4.50. The summed E-state index contributed by atoms with van der Waals surface area (Å²) in [5.41, 5.74) is -0.849. The van der Waals surface area contributed by atoms with Crippen LogP contribution in [0.5, 0.6) is 0 Å². The monoisotopic (exact) mass is 266 g/mol. The first-order valence-electron chi connectivity index (χ1n) is 6.05. The van der Waals surface area contributed by atoms with Crippen LogP contribution >= 0.6 is 11.3 Å². The Morgan fingerprint density at radius 2 is 2.22 bits per heavy atom. The second-order valence-corrected chi connectivity index (χ2v) is 6.34. The Bertz CT molecular complexity index is 495. The summed E-state index contributed by atoms with van der Waals surface area (Å²) in [5.74, 6) is -2.18. The highest BCUT2D eigenvalue weighted by atomic mass is 32.1. The molecule has 3 rings (SSSR count). The molecule has 2 N–H and O–H groups in total. The summed E-state index contributed by atoms with van der Waals surface area (Å²) in [6.45, 7) is 0. The van der Waals surface area contributed by atoms with Gasteiger partial charge in [0.15, 0.2) is 0 Å². The van der Waals surface area contributed by atoms with Crippen LogP contribution in [0.4, 0.5) is 0 Å². The minimum atomic E-state index is -0.849. The molecule has 0 saturated heterocycles. The van der Waals surface area contributed by atoms with E-state index in [1.165, 1.54) is 0 Å². The molecule has 18 heavy (non-hydrogen) atoms. The van der Waals surface area contributed by atoms with Gasteiger partial charge in [0.1, 0.15) is 0 Å². The van der Waals surface area contributed by atoms with Crippen LogP contribution in [0, 0.1) is 23.2 Å². The highest BCUT2D eigenvalue weighted by molar-refractivity contribution is 7.09. The summed E-state index contributed by atoms with van der Waals surface area (Å²) < 4.78 is 0. The van der Waals surface area contributed by atoms with E-state index in [-0.39, 0.29) is 11.8 Å². The number of carbonyl (C=O) groups is 2. The van der Waals surface area contributed by atoms with Gasteiger partial charge in [-0.15, -0.1) is 11.3 Å². The number of aliphatic carboxylic acids is 2. The van der Waals surface area contributed by atoms with Gasteiger partial charge in [-0.3, -0.25) is 9.59 Å². The molecule has 1 aromatic heterocycles. The lowest BCUT2D eigenvalue weighted by Crippen LogP contribution is -2.35. The number of hydrogen-bond acceptors (Lipinski definition) is 3. The lowest BCUT2D eigenvalue weighted by molar-refractivity contribution is -0.151. The van der Waals surface area contributed by atoms with Gasteiger partial charge >= 0.3 is 11.9 Å². The zero-order chi connectivity index (χ0) is 12.9. The van der Waals surface area contributed by atoms with Crippen LogP contribution in [0.3, 0.4) is 0 Å². The molecule has 2 saturated carbocycles. The highest BCUT2D eigenvalue weighted by Crippen LogP contribution is 2.67. The Hall–Kier alpha value is -1.36. The van der Waals surface area contributed by atoms with Crippen LogP contribution in [0.1, 0.15) is 17.7 Å². The van der Waals surface area contributed by atoms with Crippen molar-refractivity contribution in [2.75, 3.05) is 0 Å². The summed E-state index contributed by atoms with van der Waals surface area (Å²) in [4.78, 5) is 23.8. The number of carboxylic acid groups (broad SMARTS) is 2. The van der Waals surface area contributed by atoms with E-state index >= 15 is 0 Å². The SMILES string of the molecule is O=C(O)C1C2CCC(Cc3cccs3)(C(=O)O)C21. The molecule has 2 aliphatic carbocycles. The van der Waals surface area contributed by atoms with E-state index < -0.39 is 23.3 Å². The summed E-state index contributed by atoms with van der Waals surface area (Å²) in [7, 11) is 0. The normalized spacial score (nSPS) is 37.2. The molecule has 2 aliphatic rings. The smallest absolute Gasteiger partial charge is 0.310 e. The zero-order valence-electron chi connectivity index (χ0n) is 9.70. The van der Waals surface area contributed by atoms with Crippen LogP contribution in [0.25, 0.3) is 0 Å². The molecule has 0 aliphatic heterocycles. The molecule has 0 spiro atoms. The maximum absolute atomic E-state index is 11.7. The van der Waals surface area contributed by atoms with Crippen molar-refractivity contribution in [2.45, 2.75) is 19.3 Å². The Morgan fingerprint density at radius 3 is 2.72 bits per heavy atom. The summed E-state index contributed by atoms with van der Waals surface area (Å²) in [6.07, 6.45) is 1.82. The molecule has 1 aromatic rings. The first-order valence-corrected chi connectivity index (χ1v) is 6.93. The van der Waals surface area contributed by atoms with Crippen molar-refractivity contribution in [3.05, 3.63) is 22.4 Å². The maximum atomic E-state index is 11.7. The van der Waals surface area contributed by atoms with Gasteiger partial charge in [0, 0.05) is 4.88 Å². The van der Waals surface area contributed by atoms with Crippen LogP contribution < -0.4 is 0 Å². The van der Waals surface area contributed by atoms with Gasteiger partial charge in [-0.1, -0.05) is 6.07 Å². The van der Waals surface area contributed by atoms with Crippen molar-refractivity contribution in [1.29, 1.82) is 0 Å². The van der Waals surface area contributed by atoms with Crippen molar-refractivity contribution in [3.63, 3.8) is 0 Å². The second-order valence-electron chi connectivity index (χ2n) is 5.31. The largest absolute Gasteiger partial charge is 0.481 e. The number of carboxylic acids is 2. The molecule has 0 radical (unpaired) electrons. The molecule has 1 heterocycles. The van der Waals surface area contributed by atoms with Crippen molar-refractivity contribution >= 4 is 23.3 Å². The number of thiophene rings is 1. The standard InChI is InChI=1S/C13H14O4S/c14-11(15)9-8-3-4-13(10(8)9,12(16)17)6-7-2-1-5-18-7/h1-2,5,8-10H,3-4,6H2,(H,14,15)(H,16,17). The topological polar surface area (TPSA) is 74.6 Å². The molecule has 0 amide bonds. The van der Waals surface area contributed by atoms with Crippen LogP contribution in [0.2, 0.25) is 0 Å². The van der Waals surface area contributed by atoms with Crippen molar-refractivity contribution < 1.29 is 19.8 Å². The number of hydrogen-bond donors (Lipinski definition) is 2. The van der Waals surface area contributed by atoms with E-state index in [1.807, 2.05) is 17.5 Å². The highest BCUT2D eigenvalue weighted by Gasteiger charge is 2.70. The predicted octanol–water partition coefficient (Wildman–Crippen LogP) is 2.10. The molecule has 4 unspecified atom stereocenters. The van der Waals surface area contributed by atoms with E-state index in [1.54, 1.807) is 11.3 Å². The van der Waals surface area contributed by atoms with E-state index in [9.17, 15) is 14.7 Å². The third-order valence-electron chi connectivity index (χ3n) is 4.51. The Kier molecular flexibility index (Phi) is 2.48. The summed E-state index contributed by atoms with van der Waals surface area (Å²) >= 11 is 1.55. The third kappa shape index (κ3) is 1.50. The van der Waals surface area contributed by atoms with Gasteiger partial charge in [-0.05, 0) is 42.5 Å². The van der Waals surface area contributed by atoms with Crippen LogP contribution in [-0.4, -0.2) is 22.2 Å². The molecule has 5 heteroatoms. The maximum Gasteiger partial charge on any atom is 0.310 e. The molecule has 4 atom stereocenters. The van der Waals surface area contributed by atoms with Gasteiger partial charge in [-0.2, -0.15) is 0 Å². The van der Waals surface area contributed by atoms with Crippen molar-refractivity contribution in [3.8, 4) is 0 Å². The number of fused-ring (bicyclic) bond motifs is 1.